The van der Waals surface area contributed by atoms with Crippen LogP contribution in [0.5, 0.6) is 5.75 Å². The van der Waals surface area contributed by atoms with Crippen molar-refractivity contribution >= 4 is 37.0 Å². The van der Waals surface area contributed by atoms with Crippen molar-refractivity contribution < 1.29 is 21.6 Å². The number of anilines is 1. The van der Waals surface area contributed by atoms with E-state index in [9.17, 15) is 16.8 Å². The van der Waals surface area contributed by atoms with Crippen LogP contribution in [-0.2, 0) is 19.7 Å². The van der Waals surface area contributed by atoms with Gasteiger partial charge >= 0.3 is 0 Å². The van der Waals surface area contributed by atoms with Gasteiger partial charge in [0.15, 0.2) is 19.7 Å². The Balaban J connectivity index is 1.64. The lowest BCUT2D eigenvalue weighted by Crippen LogP contribution is -2.47. The summed E-state index contributed by atoms with van der Waals surface area (Å²) in [5, 5.41) is 0.577. The van der Waals surface area contributed by atoms with Crippen LogP contribution < -0.4 is 9.64 Å². The van der Waals surface area contributed by atoms with E-state index in [0.717, 1.165) is 32.1 Å². The number of piperazine rings is 1. The molecule has 7 nitrogen and oxygen atoms in total. The normalized spacial score (nSPS) is 15.9. The Hall–Kier alpha value is -1.81. The summed E-state index contributed by atoms with van der Waals surface area (Å²) < 4.78 is 54.0. The van der Waals surface area contributed by atoms with Gasteiger partial charge in [0.25, 0.3) is 0 Å². The minimum Gasteiger partial charge on any atom is -0.491 e. The molecule has 1 aliphatic heterocycles. The molecular weight excluding hydrogens is 448 g/mol. The summed E-state index contributed by atoms with van der Waals surface area (Å²) in [7, 11) is -7.07. The highest BCUT2D eigenvalue weighted by Crippen LogP contribution is 2.29. The summed E-state index contributed by atoms with van der Waals surface area (Å²) in [6.45, 7) is 3.97. The summed E-state index contributed by atoms with van der Waals surface area (Å²) in [6.07, 6.45) is 2.16. The van der Waals surface area contributed by atoms with Gasteiger partial charge in [0.1, 0.15) is 12.4 Å². The Morgan fingerprint density at radius 3 is 2.20 bits per heavy atom. The van der Waals surface area contributed by atoms with E-state index in [2.05, 4.69) is 4.90 Å². The number of hydrogen-bond acceptors (Lipinski definition) is 7. The van der Waals surface area contributed by atoms with Crippen LogP contribution in [0.2, 0.25) is 5.02 Å². The third-order valence-electron chi connectivity index (χ3n) is 4.97. The minimum absolute atomic E-state index is 0.00188. The lowest BCUT2D eigenvalue weighted by molar-refractivity contribution is 0.200. The van der Waals surface area contributed by atoms with E-state index in [4.69, 9.17) is 16.3 Å². The quantitative estimate of drug-likeness (QED) is 0.611. The van der Waals surface area contributed by atoms with Crippen LogP contribution in [0.15, 0.2) is 52.3 Å². The monoisotopic (exact) mass is 472 g/mol. The summed E-state index contributed by atoms with van der Waals surface area (Å²) in [4.78, 5) is 4.26. The number of nitrogens with zero attached hydrogens (tertiary/aromatic N) is 2. The van der Waals surface area contributed by atoms with E-state index in [-0.39, 0.29) is 9.79 Å². The fourth-order valence-corrected chi connectivity index (χ4v) is 5.17. The van der Waals surface area contributed by atoms with Crippen molar-refractivity contribution in [2.75, 3.05) is 56.7 Å². The van der Waals surface area contributed by atoms with Gasteiger partial charge in [-0.1, -0.05) is 23.7 Å². The molecule has 0 aliphatic carbocycles. The molecular formula is C20H25ClN2O5S2. The van der Waals surface area contributed by atoms with Crippen LogP contribution >= 0.6 is 11.6 Å². The first-order chi connectivity index (χ1) is 14.1. The van der Waals surface area contributed by atoms with Crippen molar-refractivity contribution in [2.45, 2.75) is 9.79 Å². The summed E-state index contributed by atoms with van der Waals surface area (Å²) in [5.41, 5.74) is 0.539. The lowest BCUT2D eigenvalue weighted by Gasteiger charge is -2.36. The highest BCUT2D eigenvalue weighted by atomic mass is 35.5. The first kappa shape index (κ1) is 22.9. The van der Waals surface area contributed by atoms with E-state index >= 15 is 0 Å². The van der Waals surface area contributed by atoms with Gasteiger partial charge in [-0.2, -0.15) is 0 Å². The smallest absolute Gasteiger partial charge is 0.177 e. The molecule has 2 aromatic carbocycles. The van der Waals surface area contributed by atoms with Gasteiger partial charge in [-0.15, -0.1) is 0 Å². The molecule has 0 saturated carbocycles. The molecule has 0 spiro atoms. The lowest BCUT2D eigenvalue weighted by atomic mass is 10.2. The first-order valence-electron chi connectivity index (χ1n) is 9.44. The standard InChI is InChI=1S/C20H25ClN2O5S2/c1-29(24,25)16-7-8-18(20(15-16)30(2,26)27)23-11-9-22(10-12-23)13-14-28-19-6-4-3-5-17(19)21/h3-8,15H,9-14H2,1-2H3. The van der Waals surface area contributed by atoms with Crippen LogP contribution in [0.4, 0.5) is 5.69 Å². The first-order valence-corrected chi connectivity index (χ1v) is 13.6. The van der Waals surface area contributed by atoms with Crippen molar-refractivity contribution in [2.24, 2.45) is 0 Å². The molecule has 164 valence electrons. The molecule has 0 atom stereocenters. The van der Waals surface area contributed by atoms with E-state index in [1.54, 1.807) is 12.1 Å². The molecule has 0 radical (unpaired) electrons. The van der Waals surface area contributed by atoms with Crippen molar-refractivity contribution in [1.82, 2.24) is 4.90 Å². The van der Waals surface area contributed by atoms with Crippen LogP contribution in [0.1, 0.15) is 0 Å². The Kier molecular flexibility index (Phi) is 6.96. The van der Waals surface area contributed by atoms with Crippen LogP contribution in [-0.4, -0.2) is 73.6 Å². The number of rotatable bonds is 7. The van der Waals surface area contributed by atoms with Crippen molar-refractivity contribution in [1.29, 1.82) is 0 Å². The number of benzene rings is 2. The van der Waals surface area contributed by atoms with E-state index in [1.807, 2.05) is 23.1 Å². The number of hydrogen-bond donors (Lipinski definition) is 0. The largest absolute Gasteiger partial charge is 0.491 e. The zero-order chi connectivity index (χ0) is 21.9. The molecule has 0 unspecified atom stereocenters. The maximum atomic E-state index is 12.3. The van der Waals surface area contributed by atoms with Crippen LogP contribution in [0.25, 0.3) is 0 Å². The van der Waals surface area contributed by atoms with E-state index < -0.39 is 19.7 Å². The molecule has 3 rings (SSSR count). The van der Waals surface area contributed by atoms with Gasteiger partial charge in [-0.25, -0.2) is 16.8 Å². The molecule has 0 N–H and O–H groups in total. The fraction of sp³-hybridized carbons (Fsp3) is 0.400. The van der Waals surface area contributed by atoms with Crippen LogP contribution in [0.3, 0.4) is 0 Å². The maximum Gasteiger partial charge on any atom is 0.177 e. The molecule has 30 heavy (non-hydrogen) atoms. The number of para-hydroxylation sites is 1. The van der Waals surface area contributed by atoms with E-state index in [1.165, 1.54) is 12.1 Å². The summed E-state index contributed by atoms with van der Waals surface area (Å²) >= 11 is 6.09. The van der Waals surface area contributed by atoms with E-state index in [0.29, 0.717) is 36.2 Å². The third-order valence-corrected chi connectivity index (χ3v) is 7.52. The molecule has 1 saturated heterocycles. The maximum absolute atomic E-state index is 12.3. The van der Waals surface area contributed by atoms with Crippen molar-refractivity contribution in [3.05, 3.63) is 47.5 Å². The van der Waals surface area contributed by atoms with Gasteiger partial charge < -0.3 is 9.64 Å². The molecule has 0 aromatic heterocycles. The molecule has 1 heterocycles. The van der Waals surface area contributed by atoms with Gasteiger partial charge in [-0.05, 0) is 30.3 Å². The average Bonchev–Trinajstić information content (AvgIpc) is 2.68. The zero-order valence-electron chi connectivity index (χ0n) is 16.9. The zero-order valence-corrected chi connectivity index (χ0v) is 19.3. The molecule has 0 bridgehead atoms. The van der Waals surface area contributed by atoms with Gasteiger partial charge in [0.05, 0.1) is 20.5 Å². The van der Waals surface area contributed by atoms with Gasteiger partial charge in [0, 0.05) is 45.2 Å². The number of ether oxygens (including phenoxy) is 1. The highest BCUT2D eigenvalue weighted by Gasteiger charge is 2.24. The van der Waals surface area contributed by atoms with Gasteiger partial charge in [0.2, 0.25) is 0 Å². The second-order valence-electron chi connectivity index (χ2n) is 7.28. The number of sulfone groups is 2. The molecule has 0 amide bonds. The average molecular weight is 473 g/mol. The predicted molar refractivity (Wildman–Crippen MR) is 118 cm³/mol. The van der Waals surface area contributed by atoms with Gasteiger partial charge in [-0.3, -0.25) is 4.90 Å². The third kappa shape index (κ3) is 5.66. The topological polar surface area (TPSA) is 84.0 Å². The van der Waals surface area contributed by atoms with Crippen LogP contribution in [0, 0.1) is 0 Å². The summed E-state index contributed by atoms with van der Waals surface area (Å²) in [6, 6.07) is 11.6. The Labute approximate surface area is 183 Å². The number of halogens is 1. The molecule has 1 aliphatic rings. The Bertz CT molecular complexity index is 1110. The Morgan fingerprint density at radius 1 is 0.933 bits per heavy atom. The van der Waals surface area contributed by atoms with Crippen molar-refractivity contribution in [3.8, 4) is 5.75 Å². The second-order valence-corrected chi connectivity index (χ2v) is 11.7. The SMILES string of the molecule is CS(=O)(=O)c1ccc(N2CCN(CCOc3ccccc3Cl)CC2)c(S(C)(=O)=O)c1. The molecule has 2 aromatic rings. The molecule has 1 fully saturated rings. The summed E-state index contributed by atoms with van der Waals surface area (Å²) in [5.74, 6) is 0.654. The highest BCUT2D eigenvalue weighted by molar-refractivity contribution is 7.91. The predicted octanol–water partition coefficient (Wildman–Crippen LogP) is 2.35. The fourth-order valence-electron chi connectivity index (χ4n) is 3.34. The second kappa shape index (κ2) is 9.13. The molecule has 10 heteroatoms. The minimum atomic E-state index is -3.58. The van der Waals surface area contributed by atoms with Crippen molar-refractivity contribution in [3.63, 3.8) is 0 Å². The Morgan fingerprint density at radius 2 is 1.60 bits per heavy atom.